The van der Waals surface area contributed by atoms with Crippen molar-refractivity contribution in [2.24, 2.45) is 5.73 Å². The van der Waals surface area contributed by atoms with Crippen LogP contribution in [-0.4, -0.2) is 29.7 Å². The first kappa shape index (κ1) is 13.7. The molecule has 4 heteroatoms. The van der Waals surface area contributed by atoms with Gasteiger partial charge in [0.25, 0.3) is 0 Å². The van der Waals surface area contributed by atoms with E-state index in [9.17, 15) is 9.90 Å². The smallest absolute Gasteiger partial charge is 0.237 e. The highest BCUT2D eigenvalue weighted by Crippen LogP contribution is 2.03. The summed E-state index contributed by atoms with van der Waals surface area (Å²) in [5.74, 6) is -0.206. The first-order valence-corrected chi connectivity index (χ1v) is 5.88. The molecule has 0 spiro atoms. The second kappa shape index (κ2) is 7.04. The van der Waals surface area contributed by atoms with Gasteiger partial charge in [0.2, 0.25) is 5.91 Å². The molecule has 0 aliphatic heterocycles. The first-order chi connectivity index (χ1) is 8.17. The topological polar surface area (TPSA) is 75.4 Å². The Balaban J connectivity index is 2.52. The highest BCUT2D eigenvalue weighted by Gasteiger charge is 2.16. The largest absolute Gasteiger partial charge is 0.394 e. The van der Waals surface area contributed by atoms with Gasteiger partial charge in [0.1, 0.15) is 0 Å². The summed E-state index contributed by atoms with van der Waals surface area (Å²) >= 11 is 0. The summed E-state index contributed by atoms with van der Waals surface area (Å²) in [6.07, 6.45) is 1.20. The van der Waals surface area contributed by atoms with Crippen LogP contribution in [0.1, 0.15) is 18.9 Å². The van der Waals surface area contributed by atoms with E-state index in [1.165, 1.54) is 0 Å². The number of nitrogens with two attached hydrogens (primary N) is 1. The fourth-order valence-electron chi connectivity index (χ4n) is 1.55. The molecule has 0 saturated heterocycles. The zero-order valence-electron chi connectivity index (χ0n) is 10.1. The van der Waals surface area contributed by atoms with Gasteiger partial charge in [-0.25, -0.2) is 0 Å². The van der Waals surface area contributed by atoms with Crippen LogP contribution in [0.25, 0.3) is 0 Å². The van der Waals surface area contributed by atoms with Crippen molar-refractivity contribution < 1.29 is 9.90 Å². The number of aliphatic hydroxyl groups is 1. The van der Waals surface area contributed by atoms with E-state index in [4.69, 9.17) is 5.73 Å². The highest BCUT2D eigenvalue weighted by molar-refractivity contribution is 5.81. The third-order valence-electron chi connectivity index (χ3n) is 2.67. The lowest BCUT2D eigenvalue weighted by Gasteiger charge is -2.18. The van der Waals surface area contributed by atoms with Gasteiger partial charge in [-0.1, -0.05) is 37.3 Å². The molecule has 1 unspecified atom stereocenters. The molecule has 1 rings (SSSR count). The lowest BCUT2D eigenvalue weighted by Crippen LogP contribution is -2.47. The number of nitrogens with one attached hydrogen (secondary N) is 1. The molecule has 1 aromatic carbocycles. The Kier molecular flexibility index (Phi) is 5.66. The van der Waals surface area contributed by atoms with Gasteiger partial charge < -0.3 is 16.2 Å². The molecule has 0 bridgehead atoms. The zero-order chi connectivity index (χ0) is 12.7. The maximum atomic E-state index is 11.6. The Morgan fingerprint density at radius 1 is 1.41 bits per heavy atom. The Morgan fingerprint density at radius 2 is 2.06 bits per heavy atom. The second-order valence-corrected chi connectivity index (χ2v) is 4.09. The molecule has 2 atom stereocenters. The second-order valence-electron chi connectivity index (χ2n) is 4.09. The molecule has 0 saturated carbocycles. The van der Waals surface area contributed by atoms with Crippen LogP contribution in [0, 0.1) is 0 Å². The summed E-state index contributed by atoms with van der Waals surface area (Å²) in [6, 6.07) is 8.96. The van der Waals surface area contributed by atoms with Gasteiger partial charge in [-0.15, -0.1) is 0 Å². The molecule has 1 amide bonds. The zero-order valence-corrected chi connectivity index (χ0v) is 10.1. The van der Waals surface area contributed by atoms with Crippen molar-refractivity contribution in [1.82, 2.24) is 5.32 Å². The van der Waals surface area contributed by atoms with Gasteiger partial charge in [-0.3, -0.25) is 4.79 Å². The average molecular weight is 236 g/mol. The van der Waals surface area contributed by atoms with E-state index in [0.29, 0.717) is 12.8 Å². The summed E-state index contributed by atoms with van der Waals surface area (Å²) < 4.78 is 0. The SMILES string of the molecule is CCC(N)C(=O)N[C@H](CO)Cc1ccccc1. The summed E-state index contributed by atoms with van der Waals surface area (Å²) in [5.41, 5.74) is 6.70. The summed E-state index contributed by atoms with van der Waals surface area (Å²) in [7, 11) is 0. The molecular formula is C13H20N2O2. The Bertz CT molecular complexity index is 341. The molecule has 94 valence electrons. The van der Waals surface area contributed by atoms with Crippen molar-refractivity contribution in [3.8, 4) is 0 Å². The van der Waals surface area contributed by atoms with Crippen molar-refractivity contribution in [2.45, 2.75) is 31.8 Å². The molecule has 0 fully saturated rings. The minimum Gasteiger partial charge on any atom is -0.394 e. The molecular weight excluding hydrogens is 216 g/mol. The van der Waals surface area contributed by atoms with Crippen LogP contribution in [0.3, 0.4) is 0 Å². The van der Waals surface area contributed by atoms with Crippen molar-refractivity contribution in [3.05, 3.63) is 35.9 Å². The number of benzene rings is 1. The standard InChI is InChI=1S/C13H20N2O2/c1-2-12(14)13(17)15-11(9-16)8-10-6-4-3-5-7-10/h3-7,11-12,16H,2,8-9,14H2,1H3,(H,15,17)/t11-,12?/m0/s1. The quantitative estimate of drug-likeness (QED) is 0.671. The molecule has 4 N–H and O–H groups in total. The van der Waals surface area contributed by atoms with Crippen molar-refractivity contribution in [3.63, 3.8) is 0 Å². The van der Waals surface area contributed by atoms with Crippen molar-refractivity contribution >= 4 is 5.91 Å². The minimum atomic E-state index is -0.500. The van der Waals surface area contributed by atoms with Crippen molar-refractivity contribution in [1.29, 1.82) is 0 Å². The Hall–Kier alpha value is -1.39. The summed E-state index contributed by atoms with van der Waals surface area (Å²) in [6.45, 7) is 1.77. The summed E-state index contributed by atoms with van der Waals surface area (Å²) in [4.78, 5) is 11.6. The van der Waals surface area contributed by atoms with Gasteiger partial charge >= 0.3 is 0 Å². The number of aliphatic hydroxyl groups excluding tert-OH is 1. The van der Waals surface area contributed by atoms with E-state index >= 15 is 0 Å². The van der Waals surface area contributed by atoms with Crippen LogP contribution in [0.4, 0.5) is 0 Å². The van der Waals surface area contributed by atoms with E-state index in [0.717, 1.165) is 5.56 Å². The number of amides is 1. The van der Waals surface area contributed by atoms with Gasteiger partial charge in [0.05, 0.1) is 18.7 Å². The fraction of sp³-hybridized carbons (Fsp3) is 0.462. The van der Waals surface area contributed by atoms with Gasteiger partial charge in [0, 0.05) is 0 Å². The molecule has 0 heterocycles. The van der Waals surface area contributed by atoms with Crippen LogP contribution < -0.4 is 11.1 Å². The number of rotatable bonds is 6. The molecule has 0 aromatic heterocycles. The predicted molar refractivity (Wildman–Crippen MR) is 67.4 cm³/mol. The maximum Gasteiger partial charge on any atom is 0.237 e. The van der Waals surface area contributed by atoms with Crippen LogP contribution in [-0.2, 0) is 11.2 Å². The minimum absolute atomic E-state index is 0.0862. The highest BCUT2D eigenvalue weighted by atomic mass is 16.3. The number of carbonyl (C=O) groups excluding carboxylic acids is 1. The third-order valence-corrected chi connectivity index (χ3v) is 2.67. The normalized spacial score (nSPS) is 14.1. The fourth-order valence-corrected chi connectivity index (χ4v) is 1.55. The van der Waals surface area contributed by atoms with Gasteiger partial charge in [-0.2, -0.15) is 0 Å². The number of carbonyl (C=O) groups is 1. The summed E-state index contributed by atoms with van der Waals surface area (Å²) in [5, 5.41) is 12.0. The Morgan fingerprint density at radius 3 is 2.59 bits per heavy atom. The first-order valence-electron chi connectivity index (χ1n) is 5.88. The molecule has 0 aliphatic carbocycles. The van der Waals surface area contributed by atoms with Crippen LogP contribution in [0.5, 0.6) is 0 Å². The lowest BCUT2D eigenvalue weighted by atomic mass is 10.1. The maximum absolute atomic E-state index is 11.6. The molecule has 1 aromatic rings. The van der Waals surface area contributed by atoms with Crippen LogP contribution in [0.2, 0.25) is 0 Å². The molecule has 4 nitrogen and oxygen atoms in total. The predicted octanol–water partition coefficient (Wildman–Crippen LogP) is 0.444. The van der Waals surface area contributed by atoms with Gasteiger partial charge in [0.15, 0.2) is 0 Å². The number of hydrogen-bond donors (Lipinski definition) is 3. The van der Waals surface area contributed by atoms with Crippen LogP contribution >= 0.6 is 0 Å². The van der Waals surface area contributed by atoms with Gasteiger partial charge in [-0.05, 0) is 18.4 Å². The van der Waals surface area contributed by atoms with E-state index in [1.54, 1.807) is 0 Å². The lowest BCUT2D eigenvalue weighted by molar-refractivity contribution is -0.123. The molecule has 17 heavy (non-hydrogen) atoms. The Labute approximate surface area is 102 Å². The van der Waals surface area contributed by atoms with E-state index in [-0.39, 0.29) is 18.6 Å². The monoisotopic (exact) mass is 236 g/mol. The third kappa shape index (κ3) is 4.54. The van der Waals surface area contributed by atoms with E-state index in [1.807, 2.05) is 37.3 Å². The average Bonchev–Trinajstić information content (AvgIpc) is 2.38. The molecule has 0 aliphatic rings. The van der Waals surface area contributed by atoms with Crippen molar-refractivity contribution in [2.75, 3.05) is 6.61 Å². The van der Waals surface area contributed by atoms with E-state index < -0.39 is 6.04 Å². The number of hydrogen-bond acceptors (Lipinski definition) is 3. The molecule has 0 radical (unpaired) electrons. The van der Waals surface area contributed by atoms with Crippen LogP contribution in [0.15, 0.2) is 30.3 Å². The van der Waals surface area contributed by atoms with E-state index in [2.05, 4.69) is 5.32 Å².